The van der Waals surface area contributed by atoms with Crippen LogP contribution in [0.2, 0.25) is 0 Å². The summed E-state index contributed by atoms with van der Waals surface area (Å²) in [5.41, 5.74) is 1.04. The third kappa shape index (κ3) is 5.80. The van der Waals surface area contributed by atoms with E-state index in [9.17, 15) is 4.79 Å². The average Bonchev–Trinajstić information content (AvgIpc) is 2.52. The maximum atomic E-state index is 11.6. The molecule has 0 atom stereocenters. The van der Waals surface area contributed by atoms with E-state index < -0.39 is 0 Å². The topological polar surface area (TPSA) is 38.3 Å². The summed E-state index contributed by atoms with van der Waals surface area (Å²) in [4.78, 5) is 11.6. The molecule has 4 heteroatoms. The van der Waals surface area contributed by atoms with Crippen molar-refractivity contribution >= 4 is 23.7 Å². The number of hydrogen-bond acceptors (Lipinski definition) is 3. The first-order valence-electron chi connectivity index (χ1n) is 7.05. The lowest BCUT2D eigenvalue weighted by atomic mass is 10.2. The minimum atomic E-state index is -0.0265. The van der Waals surface area contributed by atoms with Crippen molar-refractivity contribution < 1.29 is 9.53 Å². The summed E-state index contributed by atoms with van der Waals surface area (Å²) in [5.74, 6) is 0.941. The molecule has 0 radical (unpaired) electrons. The summed E-state index contributed by atoms with van der Waals surface area (Å²) < 4.78 is 5.33. The first-order valence-corrected chi connectivity index (χ1v) is 8.10. The van der Waals surface area contributed by atoms with Crippen LogP contribution in [-0.4, -0.2) is 36.7 Å². The van der Waals surface area contributed by atoms with Crippen LogP contribution in [0.1, 0.15) is 18.4 Å². The second-order valence-electron chi connectivity index (χ2n) is 4.72. The molecule has 3 nitrogen and oxygen atoms in total. The van der Waals surface area contributed by atoms with Crippen LogP contribution in [0.5, 0.6) is 0 Å². The number of nitrogens with one attached hydrogen (secondary N) is 1. The Labute approximate surface area is 124 Å². The van der Waals surface area contributed by atoms with E-state index in [-0.39, 0.29) is 5.91 Å². The molecule has 0 unspecified atom stereocenters. The molecule has 1 fully saturated rings. The average molecular weight is 291 g/mol. The van der Waals surface area contributed by atoms with Crippen LogP contribution >= 0.6 is 11.8 Å². The summed E-state index contributed by atoms with van der Waals surface area (Å²) in [6, 6.07) is 9.84. The van der Waals surface area contributed by atoms with Gasteiger partial charge in [0.2, 0.25) is 5.91 Å². The predicted octanol–water partition coefficient (Wildman–Crippen LogP) is 2.73. The molecule has 1 aromatic rings. The normalized spacial score (nSPS) is 16.4. The SMILES string of the molecule is O=C(C=Cc1ccccc1)NCCSC1CCOCC1. The molecule has 108 valence electrons. The molecule has 0 saturated carbocycles. The van der Waals surface area contributed by atoms with E-state index in [1.54, 1.807) is 6.08 Å². The first-order chi connectivity index (χ1) is 9.84. The van der Waals surface area contributed by atoms with Gasteiger partial charge in [-0.2, -0.15) is 11.8 Å². The van der Waals surface area contributed by atoms with Gasteiger partial charge >= 0.3 is 0 Å². The zero-order valence-corrected chi connectivity index (χ0v) is 12.4. The lowest BCUT2D eigenvalue weighted by molar-refractivity contribution is -0.116. The standard InChI is InChI=1S/C16H21NO2S/c18-16(7-6-14-4-2-1-3-5-14)17-10-13-20-15-8-11-19-12-9-15/h1-7,15H,8-13H2,(H,17,18). The van der Waals surface area contributed by atoms with Crippen LogP contribution in [0.15, 0.2) is 36.4 Å². The van der Waals surface area contributed by atoms with Crippen LogP contribution in [0.3, 0.4) is 0 Å². The van der Waals surface area contributed by atoms with Crippen molar-refractivity contribution in [2.75, 3.05) is 25.5 Å². The molecule has 1 N–H and O–H groups in total. The highest BCUT2D eigenvalue weighted by Gasteiger charge is 2.13. The predicted molar refractivity (Wildman–Crippen MR) is 84.8 cm³/mol. The van der Waals surface area contributed by atoms with Gasteiger partial charge in [-0.1, -0.05) is 30.3 Å². The fraction of sp³-hybridized carbons (Fsp3) is 0.438. The van der Waals surface area contributed by atoms with E-state index in [1.165, 1.54) is 0 Å². The van der Waals surface area contributed by atoms with E-state index in [0.29, 0.717) is 5.25 Å². The van der Waals surface area contributed by atoms with Gasteiger partial charge in [0.05, 0.1) is 0 Å². The van der Waals surface area contributed by atoms with Gasteiger partial charge in [0.25, 0.3) is 0 Å². The van der Waals surface area contributed by atoms with Gasteiger partial charge < -0.3 is 10.1 Å². The van der Waals surface area contributed by atoms with Gasteiger partial charge in [0.15, 0.2) is 0 Å². The van der Waals surface area contributed by atoms with Crippen LogP contribution in [0.25, 0.3) is 6.08 Å². The molecule has 0 spiro atoms. The molecule has 1 amide bonds. The van der Waals surface area contributed by atoms with Crippen molar-refractivity contribution in [3.05, 3.63) is 42.0 Å². The number of rotatable bonds is 6. The zero-order valence-electron chi connectivity index (χ0n) is 11.6. The summed E-state index contributed by atoms with van der Waals surface area (Å²) in [6.07, 6.45) is 5.69. The Kier molecular flexibility index (Phi) is 6.68. The van der Waals surface area contributed by atoms with Gasteiger partial charge in [0, 0.05) is 36.8 Å². The fourth-order valence-electron chi connectivity index (χ4n) is 2.04. The maximum Gasteiger partial charge on any atom is 0.244 e. The molecule has 0 aliphatic carbocycles. The van der Waals surface area contributed by atoms with Gasteiger partial charge in [-0.3, -0.25) is 4.79 Å². The largest absolute Gasteiger partial charge is 0.381 e. The number of amides is 1. The fourth-order valence-corrected chi connectivity index (χ4v) is 3.12. The molecule has 1 aromatic carbocycles. The number of hydrogen-bond donors (Lipinski definition) is 1. The van der Waals surface area contributed by atoms with Gasteiger partial charge in [-0.25, -0.2) is 0 Å². The molecule has 1 aliphatic rings. The summed E-state index contributed by atoms with van der Waals surface area (Å²) >= 11 is 1.94. The van der Waals surface area contributed by atoms with Crippen molar-refractivity contribution in [2.45, 2.75) is 18.1 Å². The lowest BCUT2D eigenvalue weighted by Gasteiger charge is -2.21. The Morgan fingerprint density at radius 1 is 1.30 bits per heavy atom. The van der Waals surface area contributed by atoms with Crippen LogP contribution < -0.4 is 5.32 Å². The van der Waals surface area contributed by atoms with E-state index in [1.807, 2.05) is 48.2 Å². The molecular formula is C16H21NO2S. The summed E-state index contributed by atoms with van der Waals surface area (Å²) in [6.45, 7) is 2.48. The summed E-state index contributed by atoms with van der Waals surface area (Å²) in [5, 5.41) is 3.61. The molecule has 0 bridgehead atoms. The van der Waals surface area contributed by atoms with Crippen molar-refractivity contribution in [1.82, 2.24) is 5.32 Å². The molecular weight excluding hydrogens is 270 g/mol. The van der Waals surface area contributed by atoms with Gasteiger partial charge in [-0.15, -0.1) is 0 Å². The third-order valence-electron chi connectivity index (χ3n) is 3.15. The van der Waals surface area contributed by atoms with Crippen LogP contribution in [-0.2, 0) is 9.53 Å². The van der Waals surface area contributed by atoms with Crippen molar-refractivity contribution in [3.63, 3.8) is 0 Å². The maximum absolute atomic E-state index is 11.6. The van der Waals surface area contributed by atoms with Crippen LogP contribution in [0, 0.1) is 0 Å². The Bertz CT molecular complexity index is 427. The molecule has 20 heavy (non-hydrogen) atoms. The summed E-state index contributed by atoms with van der Waals surface area (Å²) in [7, 11) is 0. The molecule has 1 heterocycles. The Balaban J connectivity index is 1.59. The zero-order chi connectivity index (χ0) is 14.0. The van der Waals surface area contributed by atoms with E-state index >= 15 is 0 Å². The second-order valence-corrected chi connectivity index (χ2v) is 6.13. The van der Waals surface area contributed by atoms with Crippen LogP contribution in [0.4, 0.5) is 0 Å². The van der Waals surface area contributed by atoms with Crippen molar-refractivity contribution in [3.8, 4) is 0 Å². The molecule has 1 saturated heterocycles. The minimum absolute atomic E-state index is 0.0265. The molecule has 0 aromatic heterocycles. The molecule has 2 rings (SSSR count). The number of carbonyl (C=O) groups is 1. The Morgan fingerprint density at radius 3 is 2.80 bits per heavy atom. The number of ether oxygens (including phenoxy) is 1. The van der Waals surface area contributed by atoms with E-state index in [0.717, 1.165) is 43.9 Å². The van der Waals surface area contributed by atoms with Crippen molar-refractivity contribution in [1.29, 1.82) is 0 Å². The Hall–Kier alpha value is -1.26. The van der Waals surface area contributed by atoms with E-state index in [4.69, 9.17) is 4.74 Å². The minimum Gasteiger partial charge on any atom is -0.381 e. The number of carbonyl (C=O) groups excluding carboxylic acids is 1. The van der Waals surface area contributed by atoms with Gasteiger partial charge in [-0.05, 0) is 24.5 Å². The third-order valence-corrected chi connectivity index (χ3v) is 4.53. The van der Waals surface area contributed by atoms with E-state index in [2.05, 4.69) is 5.32 Å². The highest BCUT2D eigenvalue weighted by Crippen LogP contribution is 2.21. The first kappa shape index (κ1) is 15.1. The highest BCUT2D eigenvalue weighted by molar-refractivity contribution is 7.99. The smallest absolute Gasteiger partial charge is 0.244 e. The monoisotopic (exact) mass is 291 g/mol. The molecule has 1 aliphatic heterocycles. The van der Waals surface area contributed by atoms with Gasteiger partial charge in [0.1, 0.15) is 0 Å². The number of benzene rings is 1. The second kappa shape index (κ2) is 8.82. The Morgan fingerprint density at radius 2 is 2.05 bits per heavy atom. The van der Waals surface area contributed by atoms with Crippen molar-refractivity contribution in [2.24, 2.45) is 0 Å². The number of thioether (sulfide) groups is 1. The highest BCUT2D eigenvalue weighted by atomic mass is 32.2. The lowest BCUT2D eigenvalue weighted by Crippen LogP contribution is -2.25. The quantitative estimate of drug-likeness (QED) is 0.647.